The Bertz CT molecular complexity index is 876. The molecule has 5 nitrogen and oxygen atoms in total. The van der Waals surface area contributed by atoms with Crippen molar-refractivity contribution in [3.8, 4) is 11.5 Å². The predicted octanol–water partition coefficient (Wildman–Crippen LogP) is 3.18. The van der Waals surface area contributed by atoms with Crippen LogP contribution < -0.4 is 9.47 Å². The van der Waals surface area contributed by atoms with Gasteiger partial charge >= 0.3 is 5.97 Å². The van der Waals surface area contributed by atoms with Crippen molar-refractivity contribution in [1.82, 2.24) is 0 Å². The van der Waals surface area contributed by atoms with Crippen LogP contribution in [0.2, 0.25) is 0 Å². The Morgan fingerprint density at radius 3 is 2.54 bits per heavy atom. The Morgan fingerprint density at radius 2 is 1.77 bits per heavy atom. The second-order valence-corrected chi connectivity index (χ2v) is 5.40. The number of Topliss-reactive ketones (excluding diaryl/α,β-unsaturated/α-hetero) is 1. The van der Waals surface area contributed by atoms with E-state index in [4.69, 9.17) is 14.2 Å². The molecular weight excluding hydrogens is 346 g/mol. The third-order valence-electron chi connectivity index (χ3n) is 3.57. The zero-order valence-corrected chi connectivity index (χ0v) is 13.5. The summed E-state index contributed by atoms with van der Waals surface area (Å²) in [6.45, 7) is 0.365. The fraction of sp³-hybridized carbons (Fsp3) is 0.158. The van der Waals surface area contributed by atoms with Crippen molar-refractivity contribution in [3.63, 3.8) is 0 Å². The predicted molar refractivity (Wildman–Crippen MR) is 88.1 cm³/mol. The fourth-order valence-electron chi connectivity index (χ4n) is 2.27. The summed E-state index contributed by atoms with van der Waals surface area (Å²) in [4.78, 5) is 23.5. The van der Waals surface area contributed by atoms with Gasteiger partial charge in [0.25, 0.3) is 0 Å². The van der Waals surface area contributed by atoms with Gasteiger partial charge in [-0.15, -0.1) is 0 Å². The molecule has 0 fully saturated rings. The molecule has 0 saturated heterocycles. The minimum Gasteiger partial charge on any atom is -0.486 e. The average molecular weight is 360 g/mol. The van der Waals surface area contributed by atoms with E-state index in [1.54, 1.807) is 18.2 Å². The highest BCUT2D eigenvalue weighted by molar-refractivity contribution is 5.98. The van der Waals surface area contributed by atoms with E-state index >= 15 is 0 Å². The first-order chi connectivity index (χ1) is 12.5. The molecule has 0 amide bonds. The first-order valence-corrected chi connectivity index (χ1v) is 7.75. The van der Waals surface area contributed by atoms with Crippen molar-refractivity contribution in [1.29, 1.82) is 0 Å². The number of carbonyl (C=O) groups excluding carboxylic acids is 2. The molecule has 7 heteroatoms. The first kappa shape index (κ1) is 17.6. The number of rotatable bonds is 5. The van der Waals surface area contributed by atoms with Crippen LogP contribution in [0.1, 0.15) is 15.9 Å². The van der Waals surface area contributed by atoms with Crippen LogP contribution in [0.3, 0.4) is 0 Å². The van der Waals surface area contributed by atoms with Gasteiger partial charge in [0.15, 0.2) is 35.5 Å². The molecule has 1 aliphatic rings. The van der Waals surface area contributed by atoms with Crippen LogP contribution in [0.15, 0.2) is 42.5 Å². The maximum Gasteiger partial charge on any atom is 0.331 e. The van der Waals surface area contributed by atoms with Gasteiger partial charge in [-0.05, 0) is 42.0 Å². The quantitative estimate of drug-likeness (QED) is 0.466. The van der Waals surface area contributed by atoms with Crippen molar-refractivity contribution in [3.05, 3.63) is 65.2 Å². The van der Waals surface area contributed by atoms with Crippen molar-refractivity contribution >= 4 is 17.8 Å². The lowest BCUT2D eigenvalue weighted by molar-refractivity contribution is -0.136. The Morgan fingerprint density at radius 1 is 1.00 bits per heavy atom. The molecule has 0 atom stereocenters. The van der Waals surface area contributed by atoms with Crippen LogP contribution in [0.5, 0.6) is 11.5 Å². The summed E-state index contributed by atoms with van der Waals surface area (Å²) in [7, 11) is 0. The smallest absolute Gasteiger partial charge is 0.331 e. The Labute approximate surface area is 147 Å². The van der Waals surface area contributed by atoms with Gasteiger partial charge in [-0.3, -0.25) is 4.79 Å². The highest BCUT2D eigenvalue weighted by Crippen LogP contribution is 2.31. The summed E-state index contributed by atoms with van der Waals surface area (Å²) >= 11 is 0. The summed E-state index contributed by atoms with van der Waals surface area (Å²) in [5.74, 6) is -2.35. The third-order valence-corrected chi connectivity index (χ3v) is 3.57. The van der Waals surface area contributed by atoms with Crippen LogP contribution in [-0.4, -0.2) is 31.6 Å². The summed E-state index contributed by atoms with van der Waals surface area (Å²) < 4.78 is 41.6. The van der Waals surface area contributed by atoms with Gasteiger partial charge in [0.1, 0.15) is 13.2 Å². The second kappa shape index (κ2) is 7.77. The molecule has 134 valence electrons. The zero-order valence-electron chi connectivity index (χ0n) is 13.5. The second-order valence-electron chi connectivity index (χ2n) is 5.40. The lowest BCUT2D eigenvalue weighted by Crippen LogP contribution is -2.15. The number of halogens is 2. The number of hydrogen-bond donors (Lipinski definition) is 0. The van der Waals surface area contributed by atoms with E-state index in [0.29, 0.717) is 30.3 Å². The number of fused-ring (bicyclic) bond motifs is 1. The SMILES string of the molecule is O=C(/C=C/c1ccc2c(c1)OCCO2)OCC(=O)c1ccc(F)c(F)c1. The largest absolute Gasteiger partial charge is 0.486 e. The molecule has 0 aromatic heterocycles. The van der Waals surface area contributed by atoms with E-state index in [-0.39, 0.29) is 5.56 Å². The van der Waals surface area contributed by atoms with Crippen LogP contribution in [0.25, 0.3) is 6.08 Å². The van der Waals surface area contributed by atoms with Crippen molar-refractivity contribution < 1.29 is 32.6 Å². The molecule has 1 aliphatic heterocycles. The van der Waals surface area contributed by atoms with E-state index in [2.05, 4.69) is 0 Å². The maximum atomic E-state index is 13.1. The van der Waals surface area contributed by atoms with E-state index in [9.17, 15) is 18.4 Å². The van der Waals surface area contributed by atoms with Crippen LogP contribution >= 0.6 is 0 Å². The average Bonchev–Trinajstić information content (AvgIpc) is 2.66. The molecule has 0 saturated carbocycles. The molecular formula is C19H14F2O5. The van der Waals surface area contributed by atoms with E-state index in [1.807, 2.05) is 0 Å². The van der Waals surface area contributed by atoms with E-state index in [1.165, 1.54) is 6.08 Å². The van der Waals surface area contributed by atoms with Crippen LogP contribution in [0.4, 0.5) is 8.78 Å². The van der Waals surface area contributed by atoms with Gasteiger partial charge in [0, 0.05) is 11.6 Å². The maximum absolute atomic E-state index is 13.1. The number of benzene rings is 2. The van der Waals surface area contributed by atoms with Gasteiger partial charge in [-0.2, -0.15) is 0 Å². The molecule has 0 N–H and O–H groups in total. The number of hydrogen-bond acceptors (Lipinski definition) is 5. The minimum atomic E-state index is -1.14. The molecule has 0 unspecified atom stereocenters. The summed E-state index contributed by atoms with van der Waals surface area (Å²) in [5, 5.41) is 0. The molecule has 3 rings (SSSR count). The van der Waals surface area contributed by atoms with E-state index < -0.39 is 30.0 Å². The Hall–Kier alpha value is -3.22. The van der Waals surface area contributed by atoms with Gasteiger partial charge in [0.05, 0.1) is 0 Å². The summed E-state index contributed by atoms with van der Waals surface area (Å²) in [6.07, 6.45) is 2.66. The van der Waals surface area contributed by atoms with E-state index in [0.717, 1.165) is 24.3 Å². The molecule has 0 aliphatic carbocycles. The molecule has 2 aromatic rings. The van der Waals surface area contributed by atoms with Crippen LogP contribution in [-0.2, 0) is 9.53 Å². The molecule has 0 spiro atoms. The zero-order chi connectivity index (χ0) is 18.5. The van der Waals surface area contributed by atoms with Gasteiger partial charge in [0.2, 0.25) is 0 Å². The molecule has 0 bridgehead atoms. The van der Waals surface area contributed by atoms with Gasteiger partial charge < -0.3 is 14.2 Å². The van der Waals surface area contributed by atoms with Crippen molar-refractivity contribution in [2.45, 2.75) is 0 Å². The van der Waals surface area contributed by atoms with Crippen molar-refractivity contribution in [2.24, 2.45) is 0 Å². The normalized spacial score (nSPS) is 12.8. The Kier molecular flexibility index (Phi) is 5.26. The summed E-state index contributed by atoms with van der Waals surface area (Å²) in [5.41, 5.74) is 0.616. The molecule has 26 heavy (non-hydrogen) atoms. The lowest BCUT2D eigenvalue weighted by Gasteiger charge is -2.18. The highest BCUT2D eigenvalue weighted by atomic mass is 19.2. The molecule has 0 radical (unpaired) electrons. The number of carbonyl (C=O) groups is 2. The monoisotopic (exact) mass is 360 g/mol. The van der Waals surface area contributed by atoms with Gasteiger partial charge in [-0.1, -0.05) is 6.07 Å². The molecule has 1 heterocycles. The van der Waals surface area contributed by atoms with Gasteiger partial charge in [-0.25, -0.2) is 13.6 Å². The third kappa shape index (κ3) is 4.24. The minimum absolute atomic E-state index is 0.0764. The van der Waals surface area contributed by atoms with Crippen molar-refractivity contribution in [2.75, 3.05) is 19.8 Å². The Balaban J connectivity index is 1.56. The number of esters is 1. The standard InChI is InChI=1S/C19H14F2O5/c20-14-4-3-13(10-15(14)21)16(22)11-26-19(23)6-2-12-1-5-17-18(9-12)25-8-7-24-17/h1-6,9-10H,7-8,11H2/b6-2+. The first-order valence-electron chi connectivity index (χ1n) is 7.75. The summed E-state index contributed by atoms with van der Waals surface area (Å²) in [6, 6.07) is 7.91. The number of ether oxygens (including phenoxy) is 3. The highest BCUT2D eigenvalue weighted by Gasteiger charge is 2.13. The fourth-order valence-corrected chi connectivity index (χ4v) is 2.27. The topological polar surface area (TPSA) is 61.8 Å². The molecule has 2 aromatic carbocycles. The lowest BCUT2D eigenvalue weighted by atomic mass is 10.1. The van der Waals surface area contributed by atoms with Crippen LogP contribution in [0, 0.1) is 11.6 Å². The number of ketones is 1.